The van der Waals surface area contributed by atoms with Crippen LogP contribution in [0.5, 0.6) is 0 Å². The zero-order chi connectivity index (χ0) is 10.1. The van der Waals surface area contributed by atoms with E-state index in [0.29, 0.717) is 12.8 Å². The van der Waals surface area contributed by atoms with Gasteiger partial charge < -0.3 is 10.2 Å². The van der Waals surface area contributed by atoms with Crippen molar-refractivity contribution in [1.82, 2.24) is 10.2 Å². The van der Waals surface area contributed by atoms with Crippen molar-refractivity contribution in [2.75, 3.05) is 13.6 Å². The van der Waals surface area contributed by atoms with E-state index in [2.05, 4.69) is 5.32 Å². The monoisotopic (exact) mass is 184 g/mol. The number of carbonyl (C=O) groups excluding carboxylic acids is 2. The molecule has 13 heavy (non-hydrogen) atoms. The van der Waals surface area contributed by atoms with Crippen LogP contribution in [0.1, 0.15) is 26.7 Å². The van der Waals surface area contributed by atoms with E-state index >= 15 is 0 Å². The lowest BCUT2D eigenvalue weighted by Gasteiger charge is -2.39. The molecule has 4 heteroatoms. The maximum atomic E-state index is 11.8. The first-order chi connectivity index (χ1) is 6.05. The van der Waals surface area contributed by atoms with Gasteiger partial charge in [0.05, 0.1) is 6.54 Å². The zero-order valence-electron chi connectivity index (χ0n) is 8.39. The number of hydrogen-bond acceptors (Lipinski definition) is 2. The van der Waals surface area contributed by atoms with E-state index in [0.717, 1.165) is 0 Å². The maximum absolute atomic E-state index is 11.8. The number of nitrogens with zero attached hydrogens (tertiary/aromatic N) is 1. The van der Waals surface area contributed by atoms with Gasteiger partial charge in [-0.15, -0.1) is 0 Å². The normalized spacial score (nSPS) is 21.6. The molecule has 0 spiro atoms. The number of piperazine rings is 1. The number of carbonyl (C=O) groups is 2. The van der Waals surface area contributed by atoms with E-state index in [4.69, 9.17) is 0 Å². The van der Waals surface area contributed by atoms with E-state index in [1.807, 2.05) is 13.8 Å². The van der Waals surface area contributed by atoms with Gasteiger partial charge in [0.15, 0.2) is 0 Å². The molecule has 2 amide bonds. The minimum atomic E-state index is -0.649. The predicted molar refractivity (Wildman–Crippen MR) is 49.1 cm³/mol. The Morgan fingerprint density at radius 3 is 2.38 bits per heavy atom. The Bertz CT molecular complexity index is 234. The lowest BCUT2D eigenvalue weighted by Crippen LogP contribution is -2.65. The number of likely N-dealkylation sites (N-methyl/N-ethyl adjacent to an activating group) is 1. The van der Waals surface area contributed by atoms with Gasteiger partial charge in [-0.25, -0.2) is 0 Å². The SMILES string of the molecule is CCC1(CC)NC(=O)CN(C)C1=O. The molecular formula is C9H16N2O2. The molecule has 1 aliphatic rings. The van der Waals surface area contributed by atoms with Crippen LogP contribution in [-0.2, 0) is 9.59 Å². The first-order valence-corrected chi connectivity index (χ1v) is 4.62. The summed E-state index contributed by atoms with van der Waals surface area (Å²) in [5, 5.41) is 2.78. The van der Waals surface area contributed by atoms with Crippen molar-refractivity contribution in [3.05, 3.63) is 0 Å². The average Bonchev–Trinajstić information content (AvgIpc) is 2.11. The summed E-state index contributed by atoms with van der Waals surface area (Å²) in [7, 11) is 1.67. The zero-order valence-corrected chi connectivity index (χ0v) is 8.39. The van der Waals surface area contributed by atoms with Crippen molar-refractivity contribution in [2.45, 2.75) is 32.2 Å². The molecule has 1 heterocycles. The van der Waals surface area contributed by atoms with Gasteiger partial charge in [-0.3, -0.25) is 9.59 Å². The Morgan fingerprint density at radius 1 is 1.38 bits per heavy atom. The highest BCUT2D eigenvalue weighted by atomic mass is 16.2. The summed E-state index contributed by atoms with van der Waals surface area (Å²) in [6.07, 6.45) is 1.30. The molecule has 0 aromatic carbocycles. The van der Waals surface area contributed by atoms with Crippen molar-refractivity contribution in [2.24, 2.45) is 0 Å². The molecule has 0 radical (unpaired) electrons. The molecule has 0 unspecified atom stereocenters. The van der Waals surface area contributed by atoms with E-state index < -0.39 is 5.54 Å². The Balaban J connectivity index is 2.93. The second kappa shape index (κ2) is 3.36. The van der Waals surface area contributed by atoms with Crippen molar-refractivity contribution in [3.63, 3.8) is 0 Å². The summed E-state index contributed by atoms with van der Waals surface area (Å²) in [6.45, 7) is 4.02. The largest absolute Gasteiger partial charge is 0.340 e. The first kappa shape index (κ1) is 10.0. The summed E-state index contributed by atoms with van der Waals surface area (Å²) in [4.78, 5) is 24.5. The standard InChI is InChI=1S/C9H16N2O2/c1-4-9(5-2)8(13)11(3)6-7(12)10-9/h4-6H2,1-3H3,(H,10,12). The molecule has 0 aromatic rings. The van der Waals surface area contributed by atoms with Gasteiger partial charge in [0, 0.05) is 7.05 Å². The topological polar surface area (TPSA) is 49.4 Å². The molecule has 74 valence electrons. The fourth-order valence-corrected chi connectivity index (χ4v) is 1.74. The summed E-state index contributed by atoms with van der Waals surface area (Å²) in [5.74, 6) is -0.0390. The fourth-order valence-electron chi connectivity index (χ4n) is 1.74. The molecule has 1 aliphatic heterocycles. The van der Waals surface area contributed by atoms with Crippen molar-refractivity contribution in [3.8, 4) is 0 Å². The molecule has 0 aliphatic carbocycles. The second-order valence-corrected chi connectivity index (χ2v) is 3.50. The highest BCUT2D eigenvalue weighted by Crippen LogP contribution is 2.20. The number of rotatable bonds is 2. The highest BCUT2D eigenvalue weighted by molar-refractivity contribution is 5.97. The van der Waals surface area contributed by atoms with Gasteiger partial charge in [0.2, 0.25) is 11.8 Å². The van der Waals surface area contributed by atoms with Crippen molar-refractivity contribution < 1.29 is 9.59 Å². The number of hydrogen-bond donors (Lipinski definition) is 1. The molecule has 0 atom stereocenters. The molecule has 1 saturated heterocycles. The van der Waals surface area contributed by atoms with Crippen LogP contribution >= 0.6 is 0 Å². The Labute approximate surface area is 78.3 Å². The summed E-state index contributed by atoms with van der Waals surface area (Å²) in [5.41, 5.74) is -0.649. The third kappa shape index (κ3) is 1.53. The highest BCUT2D eigenvalue weighted by Gasteiger charge is 2.42. The molecule has 0 saturated carbocycles. The summed E-state index contributed by atoms with van der Waals surface area (Å²) in [6, 6.07) is 0. The molecule has 1 rings (SSSR count). The molecular weight excluding hydrogens is 168 g/mol. The maximum Gasteiger partial charge on any atom is 0.248 e. The van der Waals surface area contributed by atoms with Gasteiger partial charge in [0.1, 0.15) is 5.54 Å². The van der Waals surface area contributed by atoms with Crippen LogP contribution in [0.4, 0.5) is 0 Å². The van der Waals surface area contributed by atoms with Gasteiger partial charge in [-0.05, 0) is 12.8 Å². The minimum absolute atomic E-state index is 0.0251. The third-order valence-corrected chi connectivity index (χ3v) is 2.72. The van der Waals surface area contributed by atoms with Crippen molar-refractivity contribution in [1.29, 1.82) is 0 Å². The van der Waals surface area contributed by atoms with Gasteiger partial charge in [-0.1, -0.05) is 13.8 Å². The predicted octanol–water partition coefficient (Wildman–Crippen LogP) is 0.133. The van der Waals surface area contributed by atoms with E-state index in [1.165, 1.54) is 4.90 Å². The van der Waals surface area contributed by atoms with Crippen molar-refractivity contribution >= 4 is 11.8 Å². The Hall–Kier alpha value is -1.06. The molecule has 1 N–H and O–H groups in total. The lowest BCUT2D eigenvalue weighted by molar-refractivity contribution is -0.148. The summed E-state index contributed by atoms with van der Waals surface area (Å²) < 4.78 is 0. The smallest absolute Gasteiger partial charge is 0.248 e. The third-order valence-electron chi connectivity index (χ3n) is 2.72. The Kier molecular flexibility index (Phi) is 2.59. The minimum Gasteiger partial charge on any atom is -0.340 e. The lowest BCUT2D eigenvalue weighted by atomic mass is 9.89. The average molecular weight is 184 g/mol. The first-order valence-electron chi connectivity index (χ1n) is 4.62. The molecule has 0 bridgehead atoms. The van der Waals surface area contributed by atoms with Crippen LogP contribution in [0.25, 0.3) is 0 Å². The number of nitrogens with one attached hydrogen (secondary N) is 1. The van der Waals surface area contributed by atoms with E-state index in [1.54, 1.807) is 7.05 Å². The van der Waals surface area contributed by atoms with E-state index in [-0.39, 0.29) is 18.4 Å². The van der Waals surface area contributed by atoms with Crippen LogP contribution in [0.15, 0.2) is 0 Å². The van der Waals surface area contributed by atoms with Crippen LogP contribution in [-0.4, -0.2) is 35.8 Å². The molecule has 0 aromatic heterocycles. The molecule has 1 fully saturated rings. The van der Waals surface area contributed by atoms with Crippen LogP contribution in [0.3, 0.4) is 0 Å². The summed E-state index contributed by atoms with van der Waals surface area (Å²) >= 11 is 0. The quantitative estimate of drug-likeness (QED) is 0.663. The number of amides is 2. The van der Waals surface area contributed by atoms with Crippen LogP contribution in [0.2, 0.25) is 0 Å². The fraction of sp³-hybridized carbons (Fsp3) is 0.778. The van der Waals surface area contributed by atoms with Crippen LogP contribution < -0.4 is 5.32 Å². The molecule has 4 nitrogen and oxygen atoms in total. The van der Waals surface area contributed by atoms with Gasteiger partial charge in [0.25, 0.3) is 0 Å². The second-order valence-electron chi connectivity index (χ2n) is 3.50. The van der Waals surface area contributed by atoms with E-state index in [9.17, 15) is 9.59 Å². The Morgan fingerprint density at radius 2 is 1.92 bits per heavy atom. The van der Waals surface area contributed by atoms with Gasteiger partial charge >= 0.3 is 0 Å². The van der Waals surface area contributed by atoms with Crippen LogP contribution in [0, 0.1) is 0 Å². The van der Waals surface area contributed by atoms with Gasteiger partial charge in [-0.2, -0.15) is 0 Å².